The Labute approximate surface area is 192 Å². The van der Waals surface area contributed by atoms with E-state index in [9.17, 15) is 18.3 Å². The van der Waals surface area contributed by atoms with Gasteiger partial charge in [0.1, 0.15) is 4.75 Å². The van der Waals surface area contributed by atoms with Crippen molar-refractivity contribution in [1.82, 2.24) is 0 Å². The summed E-state index contributed by atoms with van der Waals surface area (Å²) < 4.78 is 24.6. The quantitative estimate of drug-likeness (QED) is 0.482. The van der Waals surface area contributed by atoms with Crippen LogP contribution in [0.2, 0.25) is 0 Å². The Morgan fingerprint density at radius 1 is 0.935 bits per heavy atom. The van der Waals surface area contributed by atoms with Crippen LogP contribution in [0.15, 0.2) is 60.7 Å². The molecule has 1 aliphatic heterocycles. The second-order valence-corrected chi connectivity index (χ2v) is 11.2. The zero-order valence-corrected chi connectivity index (χ0v) is 19.2. The molecule has 31 heavy (non-hydrogen) atoms. The fraction of sp³-hybridized carbons (Fsp3) is 0.261. The Bertz CT molecular complexity index is 1170. The number of hydrogen-bond acceptors (Lipinski definition) is 5. The van der Waals surface area contributed by atoms with Crippen LogP contribution in [0.3, 0.4) is 0 Å². The highest BCUT2D eigenvalue weighted by molar-refractivity contribution is 7.92. The minimum atomic E-state index is -3.53. The molecule has 2 heterocycles. The monoisotopic (exact) mass is 477 g/mol. The van der Waals surface area contributed by atoms with Crippen LogP contribution < -0.4 is 5.73 Å². The van der Waals surface area contributed by atoms with E-state index in [1.54, 1.807) is 6.07 Å². The topological polar surface area (TPSA) is 97.5 Å². The van der Waals surface area contributed by atoms with Gasteiger partial charge in [-0.25, -0.2) is 8.42 Å². The molecule has 1 aliphatic rings. The summed E-state index contributed by atoms with van der Waals surface area (Å²) >= 11 is 1.38. The van der Waals surface area contributed by atoms with Gasteiger partial charge in [-0.3, -0.25) is 4.79 Å². The number of hydrogen-bond donors (Lipinski definition) is 2. The number of carboxylic acids is 1. The SMILES string of the molecule is Cl.Nc1ccc(-c2ccc(-c3ccc([C@@]4(CC(=O)O)CCCCS4(=O)=O)s3)cc2)cc1. The average molecular weight is 478 g/mol. The molecule has 164 valence electrons. The van der Waals surface area contributed by atoms with Gasteiger partial charge in [0, 0.05) is 15.4 Å². The molecule has 1 saturated heterocycles. The summed E-state index contributed by atoms with van der Waals surface area (Å²) in [7, 11) is -3.53. The van der Waals surface area contributed by atoms with Crippen molar-refractivity contribution < 1.29 is 18.3 Å². The normalized spacial score (nSPS) is 20.0. The number of benzene rings is 2. The van der Waals surface area contributed by atoms with Crippen LogP contribution in [0.4, 0.5) is 5.69 Å². The first-order valence-electron chi connectivity index (χ1n) is 9.81. The van der Waals surface area contributed by atoms with Crippen molar-refractivity contribution in [3.8, 4) is 21.6 Å². The molecule has 0 unspecified atom stereocenters. The summed E-state index contributed by atoms with van der Waals surface area (Å²) in [6.07, 6.45) is 1.29. The van der Waals surface area contributed by atoms with Gasteiger partial charge in [0.2, 0.25) is 0 Å². The van der Waals surface area contributed by atoms with E-state index in [1.807, 2.05) is 54.6 Å². The highest BCUT2D eigenvalue weighted by Crippen LogP contribution is 2.47. The highest BCUT2D eigenvalue weighted by Gasteiger charge is 2.49. The molecule has 0 saturated carbocycles. The number of nitrogen functional groups attached to an aromatic ring is 1. The van der Waals surface area contributed by atoms with Gasteiger partial charge in [-0.1, -0.05) is 42.8 Å². The average Bonchev–Trinajstić information content (AvgIpc) is 3.21. The molecule has 0 amide bonds. The molecule has 5 nitrogen and oxygen atoms in total. The lowest BCUT2D eigenvalue weighted by Crippen LogP contribution is -2.41. The molecule has 0 bridgehead atoms. The van der Waals surface area contributed by atoms with Crippen LogP contribution in [0.25, 0.3) is 21.6 Å². The van der Waals surface area contributed by atoms with E-state index in [0.717, 1.165) is 33.7 Å². The maximum atomic E-state index is 12.9. The van der Waals surface area contributed by atoms with Crippen LogP contribution in [-0.2, 0) is 19.4 Å². The predicted octanol–water partition coefficient (Wildman–Crippen LogP) is 5.35. The largest absolute Gasteiger partial charge is 0.481 e. The molecule has 3 aromatic rings. The van der Waals surface area contributed by atoms with Crippen LogP contribution in [0, 0.1) is 0 Å². The Morgan fingerprint density at radius 2 is 1.52 bits per heavy atom. The maximum Gasteiger partial charge on any atom is 0.305 e. The molecule has 0 radical (unpaired) electrons. The van der Waals surface area contributed by atoms with Gasteiger partial charge < -0.3 is 10.8 Å². The lowest BCUT2D eigenvalue weighted by molar-refractivity contribution is -0.137. The molecular weight excluding hydrogens is 454 g/mol. The second-order valence-electron chi connectivity index (χ2n) is 7.70. The Morgan fingerprint density at radius 3 is 2.10 bits per heavy atom. The number of sulfone groups is 1. The van der Waals surface area contributed by atoms with Gasteiger partial charge in [0.05, 0.1) is 12.2 Å². The van der Waals surface area contributed by atoms with Crippen molar-refractivity contribution in [3.05, 3.63) is 65.5 Å². The molecule has 4 rings (SSSR count). The van der Waals surface area contributed by atoms with Gasteiger partial charge in [-0.2, -0.15) is 0 Å². The zero-order valence-electron chi connectivity index (χ0n) is 16.8. The molecule has 1 fully saturated rings. The van der Waals surface area contributed by atoms with Gasteiger partial charge in [0.25, 0.3) is 0 Å². The Kier molecular flexibility index (Phi) is 6.79. The second kappa shape index (κ2) is 9.02. The lowest BCUT2D eigenvalue weighted by atomic mass is 9.95. The lowest BCUT2D eigenvalue weighted by Gasteiger charge is -2.34. The number of aliphatic carboxylic acids is 1. The van der Waals surface area contributed by atoms with E-state index in [0.29, 0.717) is 17.7 Å². The maximum absolute atomic E-state index is 12.9. The van der Waals surface area contributed by atoms with Crippen molar-refractivity contribution >= 4 is 45.2 Å². The molecule has 1 aromatic heterocycles. The summed E-state index contributed by atoms with van der Waals surface area (Å²) in [6, 6.07) is 19.4. The minimum absolute atomic E-state index is 0. The molecule has 1 atom stereocenters. The number of nitrogens with two attached hydrogens (primary N) is 1. The summed E-state index contributed by atoms with van der Waals surface area (Å²) in [5, 5.41) is 9.44. The summed E-state index contributed by atoms with van der Waals surface area (Å²) in [5.74, 6) is -1.03. The third-order valence-electron chi connectivity index (χ3n) is 5.74. The molecule has 3 N–H and O–H groups in total. The summed E-state index contributed by atoms with van der Waals surface area (Å²) in [4.78, 5) is 13.1. The first-order chi connectivity index (χ1) is 14.3. The van der Waals surface area contributed by atoms with Crippen molar-refractivity contribution in [1.29, 1.82) is 0 Å². The third kappa shape index (κ3) is 4.49. The third-order valence-corrected chi connectivity index (χ3v) is 9.80. The first-order valence-corrected chi connectivity index (χ1v) is 12.3. The first kappa shape index (κ1) is 23.3. The van der Waals surface area contributed by atoms with Crippen LogP contribution in [0.1, 0.15) is 30.6 Å². The number of carboxylic acid groups (broad SMARTS) is 1. The Balaban J connectivity index is 0.00000272. The van der Waals surface area contributed by atoms with Crippen molar-refractivity contribution in [2.24, 2.45) is 0 Å². The summed E-state index contributed by atoms with van der Waals surface area (Å²) in [6.45, 7) is 0. The van der Waals surface area contributed by atoms with E-state index < -0.39 is 20.6 Å². The van der Waals surface area contributed by atoms with Crippen molar-refractivity contribution in [3.63, 3.8) is 0 Å². The van der Waals surface area contributed by atoms with E-state index in [-0.39, 0.29) is 24.6 Å². The van der Waals surface area contributed by atoms with Gasteiger partial charge in [0.15, 0.2) is 9.84 Å². The summed E-state index contributed by atoms with van der Waals surface area (Å²) in [5.41, 5.74) is 9.57. The van der Waals surface area contributed by atoms with E-state index in [1.165, 1.54) is 11.3 Å². The number of rotatable bonds is 5. The zero-order chi connectivity index (χ0) is 21.4. The van der Waals surface area contributed by atoms with Gasteiger partial charge >= 0.3 is 5.97 Å². The molecule has 0 aliphatic carbocycles. The van der Waals surface area contributed by atoms with Gasteiger partial charge in [-0.05, 0) is 53.8 Å². The van der Waals surface area contributed by atoms with Crippen LogP contribution in [0.5, 0.6) is 0 Å². The molecular formula is C23H24ClNO4S2. The number of anilines is 1. The van der Waals surface area contributed by atoms with E-state index in [4.69, 9.17) is 5.73 Å². The van der Waals surface area contributed by atoms with Crippen LogP contribution >= 0.6 is 23.7 Å². The van der Waals surface area contributed by atoms with Gasteiger partial charge in [-0.15, -0.1) is 23.7 Å². The minimum Gasteiger partial charge on any atom is -0.481 e. The standard InChI is InChI=1S/C23H23NO4S2.ClH/c24-19-9-7-17(8-10-19)16-3-5-18(6-4-16)20-11-12-21(29-20)23(15-22(25)26)13-1-2-14-30(23,27)28;/h3-12H,1-2,13-15,24H2,(H,25,26);1H/t23-;/m0./s1. The number of carbonyl (C=O) groups is 1. The Hall–Kier alpha value is -2.35. The van der Waals surface area contributed by atoms with E-state index >= 15 is 0 Å². The fourth-order valence-corrected chi connectivity index (χ4v) is 7.88. The number of halogens is 1. The fourth-order valence-electron chi connectivity index (χ4n) is 4.10. The highest BCUT2D eigenvalue weighted by atomic mass is 35.5. The van der Waals surface area contributed by atoms with Crippen molar-refractivity contribution in [2.75, 3.05) is 11.5 Å². The van der Waals surface area contributed by atoms with Crippen LogP contribution in [-0.4, -0.2) is 25.2 Å². The smallest absolute Gasteiger partial charge is 0.305 e. The molecule has 8 heteroatoms. The molecule has 2 aromatic carbocycles. The van der Waals surface area contributed by atoms with Crippen molar-refractivity contribution in [2.45, 2.75) is 30.4 Å². The molecule has 0 spiro atoms. The number of thiophene rings is 1. The van der Waals surface area contributed by atoms with E-state index in [2.05, 4.69) is 0 Å². The predicted molar refractivity (Wildman–Crippen MR) is 128 cm³/mol.